The summed E-state index contributed by atoms with van der Waals surface area (Å²) in [5.41, 5.74) is 2.22. The molecule has 0 aliphatic rings. The van der Waals surface area contributed by atoms with Crippen molar-refractivity contribution < 1.29 is 0 Å². The van der Waals surface area contributed by atoms with Gasteiger partial charge < -0.3 is 10.2 Å². The molecule has 4 heteroatoms. The minimum absolute atomic E-state index is 0.704. The van der Waals surface area contributed by atoms with Gasteiger partial charge in [-0.2, -0.15) is 0 Å². The van der Waals surface area contributed by atoms with Crippen molar-refractivity contribution in [2.45, 2.75) is 6.54 Å². The van der Waals surface area contributed by atoms with Gasteiger partial charge in [-0.25, -0.2) is 0 Å². The van der Waals surface area contributed by atoms with Crippen molar-refractivity contribution in [1.29, 1.82) is 0 Å². The molecule has 0 heterocycles. The van der Waals surface area contributed by atoms with Crippen LogP contribution in [0.2, 0.25) is 0 Å². The molecule has 2 aromatic carbocycles. The number of hydrogen-bond acceptors (Lipinski definition) is 1. The number of para-hydroxylation sites is 1. The zero-order chi connectivity index (χ0) is 13.7. The van der Waals surface area contributed by atoms with Crippen LogP contribution in [-0.2, 0) is 6.54 Å². The Bertz CT molecular complexity index is 557. The monoisotopic (exact) mass is 334 g/mol. The summed E-state index contributed by atoms with van der Waals surface area (Å²) in [5.74, 6) is 0. The summed E-state index contributed by atoms with van der Waals surface area (Å²) < 4.78 is 1.01. The van der Waals surface area contributed by atoms with Gasteiger partial charge in [0.15, 0.2) is 5.11 Å². The van der Waals surface area contributed by atoms with E-state index in [0.29, 0.717) is 5.11 Å². The van der Waals surface area contributed by atoms with Crippen molar-refractivity contribution in [3.63, 3.8) is 0 Å². The molecule has 98 valence electrons. The molecule has 0 aromatic heterocycles. The first-order valence-corrected chi connectivity index (χ1v) is 7.17. The molecule has 2 aromatic rings. The third-order valence-electron chi connectivity index (χ3n) is 2.72. The second-order valence-corrected chi connectivity index (χ2v) is 5.49. The lowest BCUT2D eigenvalue weighted by Crippen LogP contribution is -2.30. The lowest BCUT2D eigenvalue weighted by Gasteiger charge is -2.21. The van der Waals surface area contributed by atoms with Crippen molar-refractivity contribution in [3.8, 4) is 0 Å². The maximum atomic E-state index is 5.41. The normalized spacial score (nSPS) is 10.0. The molecule has 0 aliphatic heterocycles. The van der Waals surface area contributed by atoms with Crippen LogP contribution in [0.25, 0.3) is 0 Å². The second-order valence-electron chi connectivity index (χ2n) is 4.25. The van der Waals surface area contributed by atoms with Crippen LogP contribution >= 0.6 is 28.1 Å². The second kappa shape index (κ2) is 6.68. The fraction of sp³-hybridized carbons (Fsp3) is 0.133. The number of rotatable bonds is 3. The number of hydrogen-bond donors (Lipinski definition) is 1. The molecule has 0 bridgehead atoms. The molecule has 0 unspecified atom stereocenters. The zero-order valence-electron chi connectivity index (χ0n) is 10.6. The maximum absolute atomic E-state index is 5.41. The van der Waals surface area contributed by atoms with Crippen molar-refractivity contribution in [2.75, 3.05) is 12.4 Å². The smallest absolute Gasteiger partial charge is 0.173 e. The van der Waals surface area contributed by atoms with Gasteiger partial charge in [-0.15, -0.1) is 0 Å². The Kier molecular flexibility index (Phi) is 4.93. The number of anilines is 1. The van der Waals surface area contributed by atoms with Crippen molar-refractivity contribution in [2.24, 2.45) is 0 Å². The highest BCUT2D eigenvalue weighted by Gasteiger charge is 2.06. The summed E-state index contributed by atoms with van der Waals surface area (Å²) in [6, 6.07) is 18.2. The van der Waals surface area contributed by atoms with Crippen LogP contribution < -0.4 is 5.32 Å². The quantitative estimate of drug-likeness (QED) is 0.843. The van der Waals surface area contributed by atoms with Gasteiger partial charge in [0.05, 0.1) is 5.69 Å². The number of thiocarbonyl (C=S) groups is 1. The molecule has 0 saturated heterocycles. The molecule has 0 saturated carbocycles. The van der Waals surface area contributed by atoms with Gasteiger partial charge in [0, 0.05) is 18.1 Å². The van der Waals surface area contributed by atoms with E-state index in [-0.39, 0.29) is 0 Å². The van der Waals surface area contributed by atoms with Crippen molar-refractivity contribution >= 4 is 38.9 Å². The zero-order valence-corrected chi connectivity index (χ0v) is 13.0. The molecule has 0 fully saturated rings. The van der Waals surface area contributed by atoms with Crippen molar-refractivity contribution in [1.82, 2.24) is 4.90 Å². The molecule has 0 radical (unpaired) electrons. The van der Waals surface area contributed by atoms with E-state index in [1.807, 2.05) is 54.4 Å². The summed E-state index contributed by atoms with van der Waals surface area (Å²) in [6.07, 6.45) is 0. The van der Waals surface area contributed by atoms with E-state index >= 15 is 0 Å². The van der Waals surface area contributed by atoms with E-state index in [1.54, 1.807) is 0 Å². The van der Waals surface area contributed by atoms with Crippen LogP contribution in [0.15, 0.2) is 59.1 Å². The molecular weight excluding hydrogens is 320 g/mol. The summed E-state index contributed by atoms with van der Waals surface area (Å²) in [6.45, 7) is 0.789. The van der Waals surface area contributed by atoms with E-state index in [2.05, 4.69) is 33.4 Å². The van der Waals surface area contributed by atoms with E-state index in [1.165, 1.54) is 5.56 Å². The van der Waals surface area contributed by atoms with Gasteiger partial charge in [-0.3, -0.25) is 0 Å². The molecule has 0 spiro atoms. The minimum atomic E-state index is 0.704. The molecule has 19 heavy (non-hydrogen) atoms. The van der Waals surface area contributed by atoms with E-state index in [4.69, 9.17) is 12.2 Å². The highest BCUT2D eigenvalue weighted by molar-refractivity contribution is 9.10. The summed E-state index contributed by atoms with van der Waals surface area (Å²) >= 11 is 8.91. The third-order valence-corrected chi connectivity index (χ3v) is 3.83. The Hall–Kier alpha value is -1.39. The minimum Gasteiger partial charge on any atom is -0.348 e. The van der Waals surface area contributed by atoms with Crippen LogP contribution in [0.3, 0.4) is 0 Å². The average molecular weight is 335 g/mol. The van der Waals surface area contributed by atoms with Gasteiger partial charge >= 0.3 is 0 Å². The van der Waals surface area contributed by atoms with Gasteiger partial charge in [-0.05, 0) is 45.8 Å². The highest BCUT2D eigenvalue weighted by atomic mass is 79.9. The molecule has 0 aliphatic carbocycles. The van der Waals surface area contributed by atoms with Crippen LogP contribution in [0.4, 0.5) is 5.69 Å². The summed E-state index contributed by atoms with van der Waals surface area (Å²) in [7, 11) is 1.99. The summed E-state index contributed by atoms with van der Waals surface area (Å²) in [4.78, 5) is 2.02. The molecule has 1 N–H and O–H groups in total. The number of benzene rings is 2. The standard InChI is InChI=1S/C15H15BrN2S/c1-18(11-12-7-3-2-4-8-12)15(19)17-14-10-6-5-9-13(14)16/h2-10H,11H2,1H3,(H,17,19). The van der Waals surface area contributed by atoms with E-state index in [9.17, 15) is 0 Å². The first-order chi connectivity index (χ1) is 9.16. The Labute approximate surface area is 127 Å². The number of nitrogens with zero attached hydrogens (tertiary/aromatic N) is 1. The molecule has 2 rings (SSSR count). The van der Waals surface area contributed by atoms with Gasteiger partial charge in [0.1, 0.15) is 0 Å². The fourth-order valence-corrected chi connectivity index (χ4v) is 2.26. The van der Waals surface area contributed by atoms with Crippen LogP contribution in [0.1, 0.15) is 5.56 Å². The van der Waals surface area contributed by atoms with Crippen molar-refractivity contribution in [3.05, 3.63) is 64.6 Å². The molecule has 0 amide bonds. The Balaban J connectivity index is 1.99. The van der Waals surface area contributed by atoms with Crippen LogP contribution in [-0.4, -0.2) is 17.1 Å². The largest absolute Gasteiger partial charge is 0.348 e. The number of nitrogens with one attached hydrogen (secondary N) is 1. The van der Waals surface area contributed by atoms with Gasteiger partial charge in [-0.1, -0.05) is 42.5 Å². The predicted octanol–water partition coefficient (Wildman–Crippen LogP) is 4.28. The van der Waals surface area contributed by atoms with Gasteiger partial charge in [0.2, 0.25) is 0 Å². The lowest BCUT2D eigenvalue weighted by molar-refractivity contribution is 0.508. The Morgan fingerprint density at radius 3 is 2.42 bits per heavy atom. The molecule has 0 atom stereocenters. The Morgan fingerprint density at radius 1 is 1.11 bits per heavy atom. The van der Waals surface area contributed by atoms with Crippen LogP contribution in [0.5, 0.6) is 0 Å². The third kappa shape index (κ3) is 4.04. The molecule has 2 nitrogen and oxygen atoms in total. The van der Waals surface area contributed by atoms with Crippen LogP contribution in [0, 0.1) is 0 Å². The SMILES string of the molecule is CN(Cc1ccccc1)C(=S)Nc1ccccc1Br. The summed E-state index contributed by atoms with van der Waals surface area (Å²) in [5, 5.41) is 3.95. The molecular formula is C15H15BrN2S. The fourth-order valence-electron chi connectivity index (χ4n) is 1.70. The van der Waals surface area contributed by atoms with E-state index < -0.39 is 0 Å². The predicted molar refractivity (Wildman–Crippen MR) is 88.3 cm³/mol. The topological polar surface area (TPSA) is 15.3 Å². The number of halogens is 1. The first-order valence-electron chi connectivity index (χ1n) is 5.97. The average Bonchev–Trinajstić information content (AvgIpc) is 2.42. The highest BCUT2D eigenvalue weighted by Crippen LogP contribution is 2.21. The first kappa shape index (κ1) is 14.0. The van der Waals surface area contributed by atoms with Gasteiger partial charge in [0.25, 0.3) is 0 Å². The maximum Gasteiger partial charge on any atom is 0.173 e. The van der Waals surface area contributed by atoms with E-state index in [0.717, 1.165) is 16.7 Å². The Morgan fingerprint density at radius 2 is 1.74 bits per heavy atom. The lowest BCUT2D eigenvalue weighted by atomic mass is 10.2.